The van der Waals surface area contributed by atoms with Gasteiger partial charge in [0.15, 0.2) is 11.5 Å². The van der Waals surface area contributed by atoms with E-state index < -0.39 is 0 Å². The molecule has 1 aromatic heterocycles. The Hall–Kier alpha value is -0.250. The van der Waals surface area contributed by atoms with E-state index in [-0.39, 0.29) is 5.92 Å². The van der Waals surface area contributed by atoms with Gasteiger partial charge in [-0.25, -0.2) is 4.98 Å². The number of rotatable bonds is 1. The molecule has 1 heterocycles. The normalized spacial score (nSPS) is 11.6. The average molecular weight is 309 g/mol. The molecule has 0 amide bonds. The molecule has 0 fully saturated rings. The van der Waals surface area contributed by atoms with Gasteiger partial charge in [-0.2, -0.15) is 0 Å². The Morgan fingerprint density at radius 3 is 2.67 bits per heavy atom. The van der Waals surface area contributed by atoms with Crippen molar-refractivity contribution in [3.63, 3.8) is 0 Å². The molecule has 80 valence electrons. The number of nitrogens with zero attached hydrogens (tertiary/aromatic N) is 1. The minimum Gasteiger partial charge on any atom is -0.440 e. The van der Waals surface area contributed by atoms with Gasteiger partial charge < -0.3 is 4.42 Å². The second kappa shape index (κ2) is 3.96. The van der Waals surface area contributed by atoms with Crippen LogP contribution >= 0.6 is 39.1 Å². The lowest BCUT2D eigenvalue weighted by Gasteiger charge is -1.97. The van der Waals surface area contributed by atoms with Crippen molar-refractivity contribution < 1.29 is 4.42 Å². The van der Waals surface area contributed by atoms with Gasteiger partial charge in [-0.05, 0) is 15.9 Å². The molecule has 2 aromatic rings. The van der Waals surface area contributed by atoms with Crippen LogP contribution in [0, 0.1) is 0 Å². The third kappa shape index (κ3) is 1.88. The molecule has 0 bridgehead atoms. The SMILES string of the molecule is CC(C)c1nc2c(Cl)c(Br)c(Cl)cc2o1. The Morgan fingerprint density at radius 2 is 2.07 bits per heavy atom. The first-order valence-electron chi connectivity index (χ1n) is 4.44. The summed E-state index contributed by atoms with van der Waals surface area (Å²) in [6, 6.07) is 1.71. The van der Waals surface area contributed by atoms with Crippen molar-refractivity contribution in [2.24, 2.45) is 0 Å². The Morgan fingerprint density at radius 1 is 1.40 bits per heavy atom. The molecule has 0 radical (unpaired) electrons. The third-order valence-electron chi connectivity index (χ3n) is 2.03. The molecule has 2 nitrogen and oxygen atoms in total. The lowest BCUT2D eigenvalue weighted by molar-refractivity contribution is 0.501. The number of hydrogen-bond acceptors (Lipinski definition) is 2. The zero-order valence-corrected chi connectivity index (χ0v) is 11.2. The van der Waals surface area contributed by atoms with Crippen LogP contribution in [0.5, 0.6) is 0 Å². The predicted molar refractivity (Wildman–Crippen MR) is 65.8 cm³/mol. The van der Waals surface area contributed by atoms with E-state index in [4.69, 9.17) is 27.6 Å². The molecule has 0 saturated carbocycles. The maximum atomic E-state index is 6.10. The fourth-order valence-corrected chi connectivity index (χ4v) is 2.02. The second-order valence-electron chi connectivity index (χ2n) is 3.54. The minimum atomic E-state index is 0.228. The highest BCUT2D eigenvalue weighted by molar-refractivity contribution is 9.10. The van der Waals surface area contributed by atoms with Crippen LogP contribution in [0.3, 0.4) is 0 Å². The van der Waals surface area contributed by atoms with Crippen molar-refractivity contribution in [3.8, 4) is 0 Å². The summed E-state index contributed by atoms with van der Waals surface area (Å²) in [4.78, 5) is 4.33. The van der Waals surface area contributed by atoms with Gasteiger partial charge in [-0.15, -0.1) is 0 Å². The molecule has 0 aliphatic heterocycles. The summed E-state index contributed by atoms with van der Waals surface area (Å²) in [5, 5.41) is 1.02. The minimum absolute atomic E-state index is 0.228. The van der Waals surface area contributed by atoms with E-state index in [1.165, 1.54) is 0 Å². The monoisotopic (exact) mass is 307 g/mol. The molecule has 2 rings (SSSR count). The van der Waals surface area contributed by atoms with Crippen LogP contribution in [-0.4, -0.2) is 4.98 Å². The van der Waals surface area contributed by atoms with Gasteiger partial charge in [0, 0.05) is 12.0 Å². The fraction of sp³-hybridized carbons (Fsp3) is 0.300. The first-order chi connectivity index (χ1) is 7.00. The fourth-order valence-electron chi connectivity index (χ4n) is 1.24. The van der Waals surface area contributed by atoms with Gasteiger partial charge in [-0.1, -0.05) is 37.0 Å². The molecule has 1 aromatic carbocycles. The van der Waals surface area contributed by atoms with Crippen LogP contribution in [-0.2, 0) is 0 Å². The van der Waals surface area contributed by atoms with E-state index in [2.05, 4.69) is 20.9 Å². The van der Waals surface area contributed by atoms with E-state index in [0.717, 1.165) is 0 Å². The van der Waals surface area contributed by atoms with Crippen molar-refractivity contribution in [1.29, 1.82) is 0 Å². The van der Waals surface area contributed by atoms with Crippen LogP contribution < -0.4 is 0 Å². The Labute approximate surface area is 106 Å². The van der Waals surface area contributed by atoms with Gasteiger partial charge >= 0.3 is 0 Å². The summed E-state index contributed by atoms with van der Waals surface area (Å²) in [5.41, 5.74) is 1.27. The number of hydrogen-bond donors (Lipinski definition) is 0. The van der Waals surface area contributed by atoms with Crippen LogP contribution in [0.25, 0.3) is 11.1 Å². The largest absolute Gasteiger partial charge is 0.440 e. The molecule has 15 heavy (non-hydrogen) atoms. The van der Waals surface area contributed by atoms with E-state index in [1.54, 1.807) is 6.07 Å². The predicted octanol–water partition coefficient (Wildman–Crippen LogP) is 5.02. The van der Waals surface area contributed by atoms with Crippen molar-refractivity contribution in [2.45, 2.75) is 19.8 Å². The summed E-state index contributed by atoms with van der Waals surface area (Å²) in [6.45, 7) is 4.02. The number of oxazole rings is 1. The molecular weight excluding hydrogens is 301 g/mol. The van der Waals surface area contributed by atoms with E-state index in [1.807, 2.05) is 13.8 Å². The van der Waals surface area contributed by atoms with Crippen molar-refractivity contribution >= 4 is 50.2 Å². The number of aromatic nitrogens is 1. The molecule has 0 saturated heterocycles. The Balaban J connectivity index is 2.76. The summed E-state index contributed by atoms with van der Waals surface area (Å²) >= 11 is 15.4. The van der Waals surface area contributed by atoms with E-state index in [9.17, 15) is 0 Å². The van der Waals surface area contributed by atoms with Crippen LogP contribution in [0.15, 0.2) is 15.0 Å². The quantitative estimate of drug-likeness (QED) is 0.691. The van der Waals surface area contributed by atoms with Crippen molar-refractivity contribution in [1.82, 2.24) is 4.98 Å². The molecule has 0 atom stereocenters. The topological polar surface area (TPSA) is 26.0 Å². The highest BCUT2D eigenvalue weighted by Crippen LogP contribution is 2.37. The molecular formula is C10H8BrCl2NO. The molecule has 0 N–H and O–H groups in total. The molecule has 0 spiro atoms. The van der Waals surface area contributed by atoms with Crippen molar-refractivity contribution in [3.05, 3.63) is 26.5 Å². The highest BCUT2D eigenvalue weighted by Gasteiger charge is 2.16. The average Bonchev–Trinajstić information content (AvgIpc) is 2.58. The van der Waals surface area contributed by atoms with Crippen molar-refractivity contribution in [2.75, 3.05) is 0 Å². The van der Waals surface area contributed by atoms with Crippen LogP contribution in [0.1, 0.15) is 25.7 Å². The zero-order valence-electron chi connectivity index (χ0n) is 8.14. The summed E-state index contributed by atoms with van der Waals surface area (Å²) < 4.78 is 6.20. The summed E-state index contributed by atoms with van der Waals surface area (Å²) in [5.74, 6) is 0.895. The maximum Gasteiger partial charge on any atom is 0.198 e. The van der Waals surface area contributed by atoms with E-state index in [0.29, 0.717) is 31.5 Å². The first kappa shape index (κ1) is 11.2. The third-order valence-corrected chi connectivity index (χ3v) is 3.98. The molecule has 0 aliphatic rings. The summed E-state index contributed by atoms with van der Waals surface area (Å²) in [6.07, 6.45) is 0. The number of benzene rings is 1. The number of fused-ring (bicyclic) bond motifs is 1. The summed E-state index contributed by atoms with van der Waals surface area (Å²) in [7, 11) is 0. The van der Waals surface area contributed by atoms with Gasteiger partial charge in [-0.3, -0.25) is 0 Å². The molecule has 0 aliphatic carbocycles. The van der Waals surface area contributed by atoms with E-state index >= 15 is 0 Å². The first-order valence-corrected chi connectivity index (χ1v) is 5.99. The lowest BCUT2D eigenvalue weighted by atomic mass is 10.2. The van der Waals surface area contributed by atoms with Gasteiger partial charge in [0.2, 0.25) is 0 Å². The van der Waals surface area contributed by atoms with Gasteiger partial charge in [0.25, 0.3) is 0 Å². The Bertz CT molecular complexity index is 522. The van der Waals surface area contributed by atoms with Crippen LogP contribution in [0.4, 0.5) is 0 Å². The smallest absolute Gasteiger partial charge is 0.198 e. The zero-order chi connectivity index (χ0) is 11.2. The van der Waals surface area contributed by atoms with Crippen LogP contribution in [0.2, 0.25) is 10.0 Å². The second-order valence-corrected chi connectivity index (χ2v) is 5.12. The lowest BCUT2D eigenvalue weighted by Crippen LogP contribution is -1.85. The molecule has 5 heteroatoms. The Kier molecular flexibility index (Phi) is 2.97. The van der Waals surface area contributed by atoms with Gasteiger partial charge in [0.1, 0.15) is 5.52 Å². The highest BCUT2D eigenvalue weighted by atomic mass is 79.9. The molecule has 0 unspecified atom stereocenters. The standard InChI is InChI=1S/C10H8BrCl2NO/c1-4(2)10-14-9-6(15-10)3-5(12)7(11)8(9)13/h3-4H,1-2H3. The maximum absolute atomic E-state index is 6.10. The van der Waals surface area contributed by atoms with Gasteiger partial charge in [0.05, 0.1) is 14.5 Å². The number of halogens is 3.